The van der Waals surface area contributed by atoms with Gasteiger partial charge in [0.05, 0.1) is 112 Å². The third-order valence-electron chi connectivity index (χ3n) is 8.74. The molecular formula is C40H76N2O15S2. The molecule has 59 heavy (non-hydrogen) atoms. The first kappa shape index (κ1) is 54.3. The molecule has 0 aliphatic carbocycles. The molecule has 0 saturated carbocycles. The van der Waals surface area contributed by atoms with Crippen LogP contribution in [-0.2, 0) is 71.2 Å². The standard InChI is InChI=1S/C40H76N2O15S2/c1-8-11-45-14-15-46-16-17-47-18-19-48-20-21-49-22-23-50-24-25-53-36(32-58-26-9-12-51-34-28-54-39(2,55-29-34)37(43)41(4)5)33-59-27-10-13-52-35-30-56-40(3,57-31-35)38(44)42(6)7/h34-36H,8-33H2,1-7H3. The van der Waals surface area contributed by atoms with Gasteiger partial charge in [-0.1, -0.05) is 6.92 Å². The van der Waals surface area contributed by atoms with Crippen molar-refractivity contribution in [3.05, 3.63) is 0 Å². The van der Waals surface area contributed by atoms with E-state index in [4.69, 9.17) is 61.6 Å². The van der Waals surface area contributed by atoms with Gasteiger partial charge in [0, 0.05) is 59.5 Å². The van der Waals surface area contributed by atoms with Crippen molar-refractivity contribution in [1.82, 2.24) is 9.80 Å². The van der Waals surface area contributed by atoms with Crippen LogP contribution < -0.4 is 0 Å². The first-order chi connectivity index (χ1) is 28.5. The first-order valence-electron chi connectivity index (χ1n) is 21.0. The van der Waals surface area contributed by atoms with E-state index in [1.54, 1.807) is 42.0 Å². The number of hydrogen-bond donors (Lipinski definition) is 0. The van der Waals surface area contributed by atoms with E-state index >= 15 is 0 Å². The van der Waals surface area contributed by atoms with E-state index in [1.807, 2.05) is 23.5 Å². The molecule has 19 heteroatoms. The minimum atomic E-state index is -1.26. The number of rotatable bonds is 37. The quantitative estimate of drug-likeness (QED) is 0.0837. The van der Waals surface area contributed by atoms with Crippen LogP contribution in [0.3, 0.4) is 0 Å². The normalized spacial score (nSPS) is 22.7. The minimum absolute atomic E-state index is 0.0598. The van der Waals surface area contributed by atoms with Gasteiger partial charge in [0.25, 0.3) is 11.8 Å². The number of thioether (sulfide) groups is 2. The summed E-state index contributed by atoms with van der Waals surface area (Å²) >= 11 is 3.67. The average Bonchev–Trinajstić information content (AvgIpc) is 3.22. The van der Waals surface area contributed by atoms with Crippen molar-refractivity contribution in [2.75, 3.05) is 177 Å². The number of carbonyl (C=O) groups excluding carboxylic acids is 2. The number of ether oxygens (including phenoxy) is 13. The van der Waals surface area contributed by atoms with Crippen LogP contribution in [0.25, 0.3) is 0 Å². The third-order valence-corrected chi connectivity index (χ3v) is 11.1. The molecule has 348 valence electrons. The molecule has 0 bridgehead atoms. The maximum Gasteiger partial charge on any atom is 0.282 e. The van der Waals surface area contributed by atoms with Gasteiger partial charge < -0.3 is 71.4 Å². The van der Waals surface area contributed by atoms with E-state index in [2.05, 4.69) is 6.92 Å². The lowest BCUT2D eigenvalue weighted by Crippen LogP contribution is -2.54. The highest BCUT2D eigenvalue weighted by Gasteiger charge is 2.42. The Labute approximate surface area is 362 Å². The molecule has 2 aliphatic heterocycles. The zero-order valence-corrected chi connectivity index (χ0v) is 38.6. The Bertz CT molecular complexity index is 993. The van der Waals surface area contributed by atoms with Gasteiger partial charge in [-0.3, -0.25) is 9.59 Å². The van der Waals surface area contributed by atoms with Crippen LogP contribution in [0.4, 0.5) is 0 Å². The van der Waals surface area contributed by atoms with E-state index in [1.165, 1.54) is 9.80 Å². The van der Waals surface area contributed by atoms with Gasteiger partial charge in [0.2, 0.25) is 11.6 Å². The van der Waals surface area contributed by atoms with Gasteiger partial charge >= 0.3 is 0 Å². The minimum Gasteiger partial charge on any atom is -0.379 e. The van der Waals surface area contributed by atoms with Crippen molar-refractivity contribution < 1.29 is 71.2 Å². The van der Waals surface area contributed by atoms with Crippen molar-refractivity contribution in [2.24, 2.45) is 0 Å². The molecule has 0 aromatic carbocycles. The summed E-state index contributed by atoms with van der Waals surface area (Å²) < 4.78 is 74.3. The summed E-state index contributed by atoms with van der Waals surface area (Å²) in [4.78, 5) is 27.6. The van der Waals surface area contributed by atoms with Crippen molar-refractivity contribution in [3.8, 4) is 0 Å². The first-order valence-corrected chi connectivity index (χ1v) is 23.3. The molecule has 0 aromatic heterocycles. The smallest absolute Gasteiger partial charge is 0.282 e. The Morgan fingerprint density at radius 3 is 1.19 bits per heavy atom. The lowest BCUT2D eigenvalue weighted by atomic mass is 10.2. The van der Waals surface area contributed by atoms with Crippen LogP contribution in [-0.4, -0.2) is 228 Å². The topological polar surface area (TPSA) is 161 Å². The number of nitrogens with zero attached hydrogens (tertiary/aromatic N) is 2. The van der Waals surface area contributed by atoms with Crippen molar-refractivity contribution >= 4 is 35.3 Å². The number of likely N-dealkylation sites (N-methyl/N-ethyl adjacent to an activating group) is 2. The molecule has 0 spiro atoms. The van der Waals surface area contributed by atoms with Crippen LogP contribution in [0, 0.1) is 0 Å². The van der Waals surface area contributed by atoms with Crippen molar-refractivity contribution in [2.45, 2.75) is 69.9 Å². The molecule has 0 N–H and O–H groups in total. The lowest BCUT2D eigenvalue weighted by molar-refractivity contribution is -0.278. The zero-order valence-electron chi connectivity index (χ0n) is 37.0. The number of carbonyl (C=O) groups is 2. The zero-order chi connectivity index (χ0) is 43.0. The van der Waals surface area contributed by atoms with E-state index in [-0.39, 0.29) is 30.1 Å². The van der Waals surface area contributed by atoms with E-state index in [0.29, 0.717) is 119 Å². The molecular weight excluding hydrogens is 813 g/mol. The number of hydrogen-bond acceptors (Lipinski definition) is 17. The molecule has 0 atom stereocenters. The summed E-state index contributed by atoms with van der Waals surface area (Å²) in [5.41, 5.74) is 0. The lowest BCUT2D eigenvalue weighted by Gasteiger charge is -2.37. The summed E-state index contributed by atoms with van der Waals surface area (Å²) in [7, 11) is 6.72. The molecule has 0 unspecified atom stereocenters. The van der Waals surface area contributed by atoms with Crippen molar-refractivity contribution in [1.29, 1.82) is 0 Å². The summed E-state index contributed by atoms with van der Waals surface area (Å²) in [6, 6.07) is 0. The van der Waals surface area contributed by atoms with Gasteiger partial charge in [-0.15, -0.1) is 0 Å². The van der Waals surface area contributed by atoms with Crippen LogP contribution in [0.1, 0.15) is 40.0 Å². The molecule has 2 saturated heterocycles. The monoisotopic (exact) mass is 888 g/mol. The summed E-state index contributed by atoms with van der Waals surface area (Å²) in [6.07, 6.45) is 2.41. The second kappa shape index (κ2) is 33.6. The van der Waals surface area contributed by atoms with Gasteiger partial charge in [-0.25, -0.2) is 0 Å². The predicted molar refractivity (Wildman–Crippen MR) is 226 cm³/mol. The molecule has 17 nitrogen and oxygen atoms in total. The van der Waals surface area contributed by atoms with Crippen molar-refractivity contribution in [3.63, 3.8) is 0 Å². The Kier molecular flexibility index (Phi) is 30.9. The average molecular weight is 889 g/mol. The summed E-state index contributed by atoms with van der Waals surface area (Å²) in [5.74, 6) is 0.570. The van der Waals surface area contributed by atoms with Gasteiger partial charge in [-0.05, 0) is 44.6 Å². The van der Waals surface area contributed by atoms with Crippen LogP contribution in [0.15, 0.2) is 0 Å². The maximum absolute atomic E-state index is 12.3. The van der Waals surface area contributed by atoms with Gasteiger partial charge in [0.1, 0.15) is 12.2 Å². The number of amides is 2. The summed E-state index contributed by atoms with van der Waals surface area (Å²) in [6.45, 7) is 14.8. The van der Waals surface area contributed by atoms with Gasteiger partial charge in [-0.2, -0.15) is 23.5 Å². The fourth-order valence-corrected chi connectivity index (χ4v) is 7.54. The highest BCUT2D eigenvalue weighted by molar-refractivity contribution is 8.00. The highest BCUT2D eigenvalue weighted by atomic mass is 32.2. The van der Waals surface area contributed by atoms with E-state index in [9.17, 15) is 9.59 Å². The second-order valence-electron chi connectivity index (χ2n) is 14.5. The predicted octanol–water partition coefficient (Wildman–Crippen LogP) is 2.60. The molecule has 2 fully saturated rings. The Hall–Kier alpha value is -0.880. The van der Waals surface area contributed by atoms with Crippen LogP contribution >= 0.6 is 23.5 Å². The molecule has 0 aromatic rings. The fourth-order valence-electron chi connectivity index (χ4n) is 5.45. The van der Waals surface area contributed by atoms with Crippen LogP contribution in [0.5, 0.6) is 0 Å². The Balaban J connectivity index is 1.55. The molecule has 2 heterocycles. The fraction of sp³-hybridized carbons (Fsp3) is 0.950. The molecule has 2 amide bonds. The molecule has 2 rings (SSSR count). The van der Waals surface area contributed by atoms with Crippen LogP contribution in [0.2, 0.25) is 0 Å². The second-order valence-corrected chi connectivity index (χ2v) is 16.8. The van der Waals surface area contributed by atoms with E-state index < -0.39 is 11.6 Å². The highest BCUT2D eigenvalue weighted by Crippen LogP contribution is 2.23. The largest absolute Gasteiger partial charge is 0.379 e. The third kappa shape index (κ3) is 25.1. The Morgan fingerprint density at radius 1 is 0.542 bits per heavy atom. The Morgan fingerprint density at radius 2 is 0.864 bits per heavy atom. The SMILES string of the molecule is CCCOCCOCCOCCOCCOCCOCCOC(CSCCCOC1COC(C)(C(=O)N(C)C)OC1)CSCCCOC1COC(C)(C(=O)N(C)C)OC1. The molecule has 0 radical (unpaired) electrons. The summed E-state index contributed by atoms with van der Waals surface area (Å²) in [5, 5.41) is 0. The van der Waals surface area contributed by atoms with E-state index in [0.717, 1.165) is 48.9 Å². The maximum atomic E-state index is 12.3. The van der Waals surface area contributed by atoms with Gasteiger partial charge in [0.15, 0.2) is 0 Å². The molecule has 2 aliphatic rings.